The molecule has 3 heterocycles. The lowest BCUT2D eigenvalue weighted by Crippen LogP contribution is -2.48. The van der Waals surface area contributed by atoms with Crippen LogP contribution >= 0.6 is 0 Å². The first-order valence-corrected chi connectivity index (χ1v) is 9.67. The van der Waals surface area contributed by atoms with E-state index in [0.717, 1.165) is 10.9 Å². The van der Waals surface area contributed by atoms with Crippen molar-refractivity contribution >= 4 is 21.0 Å². The number of nitrogens with zero attached hydrogens (tertiary/aromatic N) is 4. The van der Waals surface area contributed by atoms with E-state index in [0.29, 0.717) is 30.9 Å². The van der Waals surface area contributed by atoms with Crippen LogP contribution in [-0.4, -0.2) is 47.3 Å². The number of hydrogen-bond acceptors (Lipinski definition) is 6. The number of nitrogens with one attached hydrogen (secondary N) is 1. The van der Waals surface area contributed by atoms with Crippen LogP contribution in [0, 0.1) is 0 Å². The molecule has 9 heteroatoms. The third kappa shape index (κ3) is 3.06. The molecule has 0 amide bonds. The van der Waals surface area contributed by atoms with Gasteiger partial charge in [0.25, 0.3) is 0 Å². The Balaban J connectivity index is 1.65. The summed E-state index contributed by atoms with van der Waals surface area (Å²) in [5.41, 5.74) is 1.92. The number of sulfonamides is 1. The zero-order valence-corrected chi connectivity index (χ0v) is 14.6. The molecule has 1 aliphatic rings. The second kappa shape index (κ2) is 6.25. The van der Waals surface area contributed by atoms with E-state index in [1.165, 1.54) is 0 Å². The van der Waals surface area contributed by atoms with Crippen LogP contribution in [0.1, 0.15) is 17.3 Å². The van der Waals surface area contributed by atoms with Gasteiger partial charge in [-0.1, -0.05) is 17.3 Å². The summed E-state index contributed by atoms with van der Waals surface area (Å²) in [6.45, 7) is 1.59. The molecule has 1 aliphatic heterocycles. The number of hydrogen-bond donors (Lipinski definition) is 1. The van der Waals surface area contributed by atoms with E-state index < -0.39 is 10.0 Å². The Morgan fingerprint density at radius 1 is 1.36 bits per heavy atom. The molecule has 0 unspecified atom stereocenters. The van der Waals surface area contributed by atoms with Crippen LogP contribution in [0.4, 0.5) is 0 Å². The predicted molar refractivity (Wildman–Crippen MR) is 92.2 cm³/mol. The molecule has 3 aromatic rings. The van der Waals surface area contributed by atoms with Gasteiger partial charge in [0, 0.05) is 43.8 Å². The van der Waals surface area contributed by atoms with Crippen molar-refractivity contribution in [2.45, 2.75) is 11.8 Å². The van der Waals surface area contributed by atoms with Crippen LogP contribution in [0.2, 0.25) is 0 Å². The minimum absolute atomic E-state index is 0.180. The SMILES string of the molecule is Cn1cc([C@H]2CNCCN2S(=O)(=O)Cc2noc3ccccc23)cn1. The number of fused-ring (bicyclic) bond motifs is 1. The van der Waals surface area contributed by atoms with E-state index in [1.807, 2.05) is 31.4 Å². The number of para-hydroxylation sites is 1. The summed E-state index contributed by atoms with van der Waals surface area (Å²) in [5, 5.41) is 12.1. The van der Waals surface area contributed by atoms with Crippen molar-refractivity contribution in [1.82, 2.24) is 24.6 Å². The first-order chi connectivity index (χ1) is 12.0. The summed E-state index contributed by atoms with van der Waals surface area (Å²) in [7, 11) is -1.73. The van der Waals surface area contributed by atoms with E-state index in [9.17, 15) is 8.42 Å². The maximum absolute atomic E-state index is 13.1. The molecule has 0 aliphatic carbocycles. The fraction of sp³-hybridized carbons (Fsp3) is 0.375. The summed E-state index contributed by atoms with van der Waals surface area (Å²) in [6.07, 6.45) is 3.57. The molecule has 1 aromatic carbocycles. The van der Waals surface area contributed by atoms with Gasteiger partial charge in [-0.3, -0.25) is 4.68 Å². The monoisotopic (exact) mass is 361 g/mol. The van der Waals surface area contributed by atoms with Gasteiger partial charge >= 0.3 is 0 Å². The molecule has 1 saturated heterocycles. The van der Waals surface area contributed by atoms with Crippen molar-refractivity contribution in [3.05, 3.63) is 47.9 Å². The van der Waals surface area contributed by atoms with Crippen molar-refractivity contribution in [2.75, 3.05) is 19.6 Å². The molecule has 1 N–H and O–H groups in total. The van der Waals surface area contributed by atoms with Crippen LogP contribution in [-0.2, 0) is 22.8 Å². The minimum atomic E-state index is -3.55. The second-order valence-corrected chi connectivity index (χ2v) is 8.08. The minimum Gasteiger partial charge on any atom is -0.356 e. The third-order valence-electron chi connectivity index (χ3n) is 4.43. The number of piperazine rings is 1. The number of aryl methyl sites for hydroxylation is 1. The van der Waals surface area contributed by atoms with Crippen molar-refractivity contribution in [3.8, 4) is 0 Å². The maximum Gasteiger partial charge on any atom is 0.220 e. The Morgan fingerprint density at radius 3 is 3.00 bits per heavy atom. The van der Waals surface area contributed by atoms with Crippen LogP contribution in [0.25, 0.3) is 11.0 Å². The van der Waals surface area contributed by atoms with Crippen molar-refractivity contribution in [1.29, 1.82) is 0 Å². The van der Waals surface area contributed by atoms with Gasteiger partial charge in [0.05, 0.1) is 12.2 Å². The lowest BCUT2D eigenvalue weighted by Gasteiger charge is -2.34. The van der Waals surface area contributed by atoms with Gasteiger partial charge in [-0.05, 0) is 12.1 Å². The number of benzene rings is 1. The Labute approximate surface area is 145 Å². The zero-order valence-electron chi connectivity index (χ0n) is 13.8. The number of rotatable bonds is 4. The summed E-state index contributed by atoms with van der Waals surface area (Å²) < 4.78 is 34.6. The summed E-state index contributed by atoms with van der Waals surface area (Å²) in [4.78, 5) is 0. The van der Waals surface area contributed by atoms with E-state index in [1.54, 1.807) is 21.3 Å². The Hall–Kier alpha value is -2.23. The molecule has 4 rings (SSSR count). The van der Waals surface area contributed by atoms with Crippen LogP contribution in [0.5, 0.6) is 0 Å². The average molecular weight is 361 g/mol. The molecule has 2 aromatic heterocycles. The smallest absolute Gasteiger partial charge is 0.220 e. The summed E-state index contributed by atoms with van der Waals surface area (Å²) in [5.74, 6) is -0.180. The predicted octanol–water partition coefficient (Wildman–Crippen LogP) is 1.04. The van der Waals surface area contributed by atoms with Crippen molar-refractivity contribution in [3.63, 3.8) is 0 Å². The van der Waals surface area contributed by atoms with Crippen molar-refractivity contribution < 1.29 is 12.9 Å². The standard InChI is InChI=1S/C16H19N5O3S/c1-20-10-12(8-18-20)15-9-17-6-7-21(15)25(22,23)11-14-13-4-2-3-5-16(13)24-19-14/h2-5,8,10,15,17H,6-7,9,11H2,1H3/t15-/m1/s1. The van der Waals surface area contributed by atoms with E-state index in [4.69, 9.17) is 4.52 Å². The van der Waals surface area contributed by atoms with Crippen LogP contribution in [0.3, 0.4) is 0 Å². The molecule has 1 fully saturated rings. The highest BCUT2D eigenvalue weighted by atomic mass is 32.2. The van der Waals surface area contributed by atoms with Crippen LogP contribution in [0.15, 0.2) is 41.2 Å². The van der Waals surface area contributed by atoms with Gasteiger partial charge in [-0.25, -0.2) is 8.42 Å². The van der Waals surface area contributed by atoms with E-state index in [2.05, 4.69) is 15.6 Å². The molecule has 1 atom stereocenters. The fourth-order valence-electron chi connectivity index (χ4n) is 3.21. The third-order valence-corrected chi connectivity index (χ3v) is 6.22. The highest BCUT2D eigenvalue weighted by Crippen LogP contribution is 2.28. The summed E-state index contributed by atoms with van der Waals surface area (Å²) >= 11 is 0. The van der Waals surface area contributed by atoms with Gasteiger partial charge in [0.15, 0.2) is 5.58 Å². The highest BCUT2D eigenvalue weighted by Gasteiger charge is 2.34. The quantitative estimate of drug-likeness (QED) is 0.746. The van der Waals surface area contributed by atoms with Gasteiger partial charge in [-0.15, -0.1) is 0 Å². The van der Waals surface area contributed by atoms with Crippen LogP contribution < -0.4 is 5.32 Å². The first-order valence-electron chi connectivity index (χ1n) is 8.07. The lowest BCUT2D eigenvalue weighted by atomic mass is 10.1. The number of aromatic nitrogens is 3. The average Bonchev–Trinajstić information content (AvgIpc) is 3.22. The molecule has 25 heavy (non-hydrogen) atoms. The van der Waals surface area contributed by atoms with Gasteiger partial charge in [-0.2, -0.15) is 9.40 Å². The Morgan fingerprint density at radius 2 is 2.20 bits per heavy atom. The largest absolute Gasteiger partial charge is 0.356 e. The molecule has 0 bridgehead atoms. The normalized spacial score (nSPS) is 19.5. The van der Waals surface area contributed by atoms with E-state index >= 15 is 0 Å². The molecular weight excluding hydrogens is 342 g/mol. The van der Waals surface area contributed by atoms with Gasteiger partial charge in [0.2, 0.25) is 10.0 Å². The molecule has 132 valence electrons. The topological polar surface area (TPSA) is 93.3 Å². The summed E-state index contributed by atoms with van der Waals surface area (Å²) in [6, 6.07) is 7.01. The highest BCUT2D eigenvalue weighted by molar-refractivity contribution is 7.88. The molecule has 8 nitrogen and oxygen atoms in total. The molecule has 0 saturated carbocycles. The van der Waals surface area contributed by atoms with Gasteiger partial charge in [0.1, 0.15) is 11.4 Å². The Kier molecular flexibility index (Phi) is 4.06. The van der Waals surface area contributed by atoms with E-state index in [-0.39, 0.29) is 11.8 Å². The lowest BCUT2D eigenvalue weighted by molar-refractivity contribution is 0.271. The van der Waals surface area contributed by atoms with Gasteiger partial charge < -0.3 is 9.84 Å². The van der Waals surface area contributed by atoms with Crippen molar-refractivity contribution in [2.24, 2.45) is 7.05 Å². The first kappa shape index (κ1) is 16.2. The molecule has 0 spiro atoms. The molecular formula is C16H19N5O3S. The Bertz CT molecular complexity index is 994. The maximum atomic E-state index is 13.1. The fourth-order valence-corrected chi connectivity index (χ4v) is 4.89. The molecule has 0 radical (unpaired) electrons. The second-order valence-electron chi connectivity index (χ2n) is 6.16. The zero-order chi connectivity index (χ0) is 17.4.